The molecule has 2 rings (SSSR count). The third-order valence-electron chi connectivity index (χ3n) is 4.46. The lowest BCUT2D eigenvalue weighted by Crippen LogP contribution is -2.48. The minimum atomic E-state index is -1.26. The Balaban J connectivity index is 2.43. The van der Waals surface area contributed by atoms with E-state index in [0.717, 1.165) is 12.8 Å². The fourth-order valence-electron chi connectivity index (χ4n) is 3.15. The summed E-state index contributed by atoms with van der Waals surface area (Å²) >= 11 is 0. The monoisotopic (exact) mass is 364 g/mol. The molecule has 0 radical (unpaired) electrons. The minimum absolute atomic E-state index is 0.166. The predicted octanol–water partition coefficient (Wildman–Crippen LogP) is 3.19. The van der Waals surface area contributed by atoms with E-state index in [1.54, 1.807) is 20.8 Å². The molecule has 1 aliphatic heterocycles. The molecule has 0 amide bonds. The predicted molar refractivity (Wildman–Crippen MR) is 95.2 cm³/mol. The summed E-state index contributed by atoms with van der Waals surface area (Å²) < 4.78 is 22.3. The van der Waals surface area contributed by atoms with Gasteiger partial charge in [-0.15, -0.1) is 0 Å². The molecule has 1 saturated heterocycles. The van der Waals surface area contributed by atoms with E-state index < -0.39 is 29.7 Å². The minimum Gasteiger partial charge on any atom is -0.465 e. The third kappa shape index (κ3) is 4.83. The zero-order chi connectivity index (χ0) is 19.0. The third-order valence-corrected chi connectivity index (χ3v) is 4.46. The van der Waals surface area contributed by atoms with Crippen LogP contribution in [-0.2, 0) is 34.1 Å². The Bertz CT molecular complexity index is 563. The van der Waals surface area contributed by atoms with Crippen molar-refractivity contribution in [1.82, 2.24) is 0 Å². The topological polar surface area (TPSA) is 71.1 Å². The maximum absolute atomic E-state index is 12.7. The molecule has 0 spiro atoms. The first-order chi connectivity index (χ1) is 12.5. The maximum Gasteiger partial charge on any atom is 0.323 e. The molecule has 2 unspecified atom stereocenters. The van der Waals surface area contributed by atoms with Crippen molar-refractivity contribution in [2.24, 2.45) is 5.92 Å². The summed E-state index contributed by atoms with van der Waals surface area (Å²) in [6, 6.07) is 9.20. The molecule has 0 bridgehead atoms. The van der Waals surface area contributed by atoms with Crippen LogP contribution in [0.3, 0.4) is 0 Å². The molecule has 0 N–H and O–H groups in total. The summed E-state index contributed by atoms with van der Waals surface area (Å²) in [5.74, 6) is -2.56. The molecule has 6 heteroatoms. The molecule has 0 aliphatic carbocycles. The van der Waals surface area contributed by atoms with Gasteiger partial charge in [0.2, 0.25) is 0 Å². The molecule has 0 saturated carbocycles. The highest BCUT2D eigenvalue weighted by molar-refractivity contribution is 5.96. The highest BCUT2D eigenvalue weighted by Gasteiger charge is 2.50. The van der Waals surface area contributed by atoms with Gasteiger partial charge in [-0.2, -0.15) is 0 Å². The van der Waals surface area contributed by atoms with Gasteiger partial charge in [0, 0.05) is 6.61 Å². The lowest BCUT2D eigenvalue weighted by atomic mass is 9.82. The summed E-state index contributed by atoms with van der Waals surface area (Å²) in [7, 11) is 0. The van der Waals surface area contributed by atoms with Gasteiger partial charge >= 0.3 is 11.9 Å². The van der Waals surface area contributed by atoms with Crippen LogP contribution in [0, 0.1) is 5.92 Å². The van der Waals surface area contributed by atoms with Gasteiger partial charge in [0.1, 0.15) is 5.60 Å². The molecule has 1 fully saturated rings. The fraction of sp³-hybridized carbons (Fsp3) is 0.600. The lowest BCUT2D eigenvalue weighted by Gasteiger charge is -2.39. The van der Waals surface area contributed by atoms with Crippen LogP contribution in [0.5, 0.6) is 0 Å². The Morgan fingerprint density at radius 1 is 1.12 bits per heavy atom. The van der Waals surface area contributed by atoms with Gasteiger partial charge < -0.3 is 18.9 Å². The van der Waals surface area contributed by atoms with E-state index in [2.05, 4.69) is 0 Å². The summed E-state index contributed by atoms with van der Waals surface area (Å²) in [4.78, 5) is 25.4. The Kier molecular flexibility index (Phi) is 7.60. The molecule has 26 heavy (non-hydrogen) atoms. The zero-order valence-corrected chi connectivity index (χ0v) is 15.7. The standard InChI is InChI=1S/C20H28O6/c1-4-23-18(21)17(19(22)24-5-2)20(3,15-11-7-6-8-12-15)26-16-13-9-10-14-25-16/h6-8,11-12,16-17H,4-5,9-10,13-14H2,1-3H3. The summed E-state index contributed by atoms with van der Waals surface area (Å²) in [6.45, 7) is 6.05. The fourth-order valence-corrected chi connectivity index (χ4v) is 3.15. The van der Waals surface area contributed by atoms with Gasteiger partial charge in [-0.3, -0.25) is 9.59 Å². The first kappa shape index (κ1) is 20.4. The Hall–Kier alpha value is -1.92. The average molecular weight is 364 g/mol. The van der Waals surface area contributed by atoms with Crippen molar-refractivity contribution in [3.63, 3.8) is 0 Å². The van der Waals surface area contributed by atoms with Crippen molar-refractivity contribution in [3.8, 4) is 0 Å². The van der Waals surface area contributed by atoms with Crippen LogP contribution in [0.15, 0.2) is 30.3 Å². The molecule has 2 atom stereocenters. The summed E-state index contributed by atoms with van der Waals surface area (Å²) in [5, 5.41) is 0. The quantitative estimate of drug-likeness (QED) is 0.521. The molecule has 1 heterocycles. The zero-order valence-electron chi connectivity index (χ0n) is 15.7. The van der Waals surface area contributed by atoms with Gasteiger partial charge in [-0.1, -0.05) is 30.3 Å². The van der Waals surface area contributed by atoms with E-state index in [4.69, 9.17) is 18.9 Å². The van der Waals surface area contributed by atoms with Gasteiger partial charge in [0.05, 0.1) is 13.2 Å². The van der Waals surface area contributed by atoms with Crippen LogP contribution in [0.25, 0.3) is 0 Å². The number of carbonyl (C=O) groups excluding carboxylic acids is 2. The van der Waals surface area contributed by atoms with E-state index in [-0.39, 0.29) is 13.2 Å². The number of hydrogen-bond donors (Lipinski definition) is 0. The van der Waals surface area contributed by atoms with Gasteiger partial charge in [-0.05, 0) is 45.6 Å². The maximum atomic E-state index is 12.7. The molecule has 1 aliphatic rings. The summed E-state index contributed by atoms with van der Waals surface area (Å²) in [6.07, 6.45) is 2.17. The summed E-state index contributed by atoms with van der Waals surface area (Å²) in [5.41, 5.74) is -0.567. The van der Waals surface area contributed by atoms with Gasteiger partial charge in [-0.25, -0.2) is 0 Å². The molecule has 1 aromatic rings. The average Bonchev–Trinajstić information content (AvgIpc) is 2.64. The van der Waals surface area contributed by atoms with Crippen LogP contribution in [-0.4, -0.2) is 38.0 Å². The van der Waals surface area contributed by atoms with Gasteiger partial charge in [0.15, 0.2) is 12.2 Å². The van der Waals surface area contributed by atoms with Crippen LogP contribution < -0.4 is 0 Å². The normalized spacial score (nSPS) is 19.6. The van der Waals surface area contributed by atoms with E-state index in [1.165, 1.54) is 0 Å². The van der Waals surface area contributed by atoms with Crippen LogP contribution >= 0.6 is 0 Å². The number of rotatable bonds is 8. The Morgan fingerprint density at radius 2 is 1.73 bits per heavy atom. The van der Waals surface area contributed by atoms with Crippen molar-refractivity contribution in [3.05, 3.63) is 35.9 Å². The number of esters is 2. The number of ether oxygens (including phenoxy) is 4. The highest BCUT2D eigenvalue weighted by Crippen LogP contribution is 2.38. The lowest BCUT2D eigenvalue weighted by molar-refractivity contribution is -0.243. The molecule has 144 valence electrons. The van der Waals surface area contributed by atoms with Crippen molar-refractivity contribution >= 4 is 11.9 Å². The van der Waals surface area contributed by atoms with Crippen molar-refractivity contribution < 1.29 is 28.5 Å². The van der Waals surface area contributed by atoms with Crippen molar-refractivity contribution in [2.45, 2.75) is 51.9 Å². The molecular weight excluding hydrogens is 336 g/mol. The van der Waals surface area contributed by atoms with E-state index >= 15 is 0 Å². The number of carbonyl (C=O) groups is 2. The van der Waals surface area contributed by atoms with Gasteiger partial charge in [0.25, 0.3) is 0 Å². The largest absolute Gasteiger partial charge is 0.465 e. The first-order valence-corrected chi connectivity index (χ1v) is 9.21. The Labute approximate surface area is 154 Å². The van der Waals surface area contributed by atoms with Crippen molar-refractivity contribution in [1.29, 1.82) is 0 Å². The molecule has 6 nitrogen and oxygen atoms in total. The first-order valence-electron chi connectivity index (χ1n) is 9.21. The second-order valence-corrected chi connectivity index (χ2v) is 6.32. The molecule has 0 aromatic heterocycles. The van der Waals surface area contributed by atoms with Crippen molar-refractivity contribution in [2.75, 3.05) is 19.8 Å². The van der Waals surface area contributed by atoms with Crippen LogP contribution in [0.1, 0.15) is 45.6 Å². The highest BCUT2D eigenvalue weighted by atomic mass is 16.7. The smallest absolute Gasteiger partial charge is 0.323 e. The molecule has 1 aromatic carbocycles. The SMILES string of the molecule is CCOC(=O)C(C(=O)OCC)C(C)(OC1CCCCO1)c1ccccc1. The second kappa shape index (κ2) is 9.69. The number of benzene rings is 1. The van der Waals surface area contributed by atoms with E-state index in [1.807, 2.05) is 30.3 Å². The van der Waals surface area contributed by atoms with Crippen LogP contribution in [0.2, 0.25) is 0 Å². The van der Waals surface area contributed by atoms with E-state index in [0.29, 0.717) is 18.6 Å². The number of hydrogen-bond acceptors (Lipinski definition) is 6. The Morgan fingerprint density at radius 3 is 2.23 bits per heavy atom. The van der Waals surface area contributed by atoms with Crippen LogP contribution in [0.4, 0.5) is 0 Å². The van der Waals surface area contributed by atoms with E-state index in [9.17, 15) is 9.59 Å². The molecular formula is C20H28O6. The second-order valence-electron chi connectivity index (χ2n) is 6.32.